The van der Waals surface area contributed by atoms with E-state index in [4.69, 9.17) is 9.47 Å². The minimum absolute atomic E-state index is 0.0304. The van der Waals surface area contributed by atoms with Crippen LogP contribution in [0, 0.1) is 40.9 Å². The molecule has 2 aliphatic heterocycles. The summed E-state index contributed by atoms with van der Waals surface area (Å²) in [5.41, 5.74) is 0.359. The molecular formula is C41H62O8. The summed E-state index contributed by atoms with van der Waals surface area (Å²) in [5.74, 6) is -3.55. The number of methoxy groups -OCH3 is 1. The molecule has 4 rings (SSSR count). The average molecular weight is 683 g/mol. The Morgan fingerprint density at radius 2 is 1.69 bits per heavy atom. The number of carbonyl (C=O) groups excluding carboxylic acids is 4. The first-order valence-electron chi connectivity index (χ1n) is 18.7. The Morgan fingerprint density at radius 3 is 2.35 bits per heavy atom. The lowest BCUT2D eigenvalue weighted by Gasteiger charge is -2.50. The maximum absolute atomic E-state index is 14.7. The summed E-state index contributed by atoms with van der Waals surface area (Å²) in [6, 6.07) is 0. The molecule has 8 nitrogen and oxygen atoms in total. The van der Waals surface area contributed by atoms with Gasteiger partial charge in [0.05, 0.1) is 36.4 Å². The second-order valence-electron chi connectivity index (χ2n) is 16.7. The maximum Gasteiger partial charge on any atom is 0.313 e. The zero-order valence-corrected chi connectivity index (χ0v) is 31.5. The molecule has 0 unspecified atom stereocenters. The summed E-state index contributed by atoms with van der Waals surface area (Å²) in [5, 5.41) is 24.0. The van der Waals surface area contributed by atoms with Crippen molar-refractivity contribution in [1.82, 2.24) is 0 Å². The van der Waals surface area contributed by atoms with E-state index in [1.165, 1.54) is 7.11 Å². The SMILES string of the molecule is COC(=O)[C@]12CC(=O)[C@H](C(C)C)CC(=O)[C@H](C)CCC[C@H](C)CC(=O)[C@H]1CC(C)=C1[C@H](O)C[C@](C)(O)[C@H]3CC=C(C)[C@H](CC/C(C)=C\[C@@H]12)O3. The molecule has 0 radical (unpaired) electrons. The second kappa shape index (κ2) is 15.9. The van der Waals surface area contributed by atoms with Crippen molar-refractivity contribution >= 4 is 23.3 Å². The van der Waals surface area contributed by atoms with Crippen LogP contribution in [0.1, 0.15) is 126 Å². The molecule has 49 heavy (non-hydrogen) atoms. The van der Waals surface area contributed by atoms with Gasteiger partial charge in [-0.05, 0) is 82.8 Å². The standard InChI is InChI=1S/C41H62O8/c1-23(2)29-20-32(42)26(5)12-10-11-24(3)18-33(43)30-19-28(7)38-31(41(30,22-34(29)44)39(46)48-9)17-25(4)13-15-36-27(6)14-16-37(49-36)40(8,47)21-35(38)45/h14,17,23-24,26,29-31,35-37,45,47H,10-13,15-16,18-22H2,1-9H3/b25-17-/t24-,26+,29-,30+,31-,35+,36-,37+,40-,41+/m0/s1. The van der Waals surface area contributed by atoms with E-state index in [9.17, 15) is 29.4 Å². The molecule has 1 fully saturated rings. The van der Waals surface area contributed by atoms with Crippen molar-refractivity contribution in [2.24, 2.45) is 40.9 Å². The molecule has 1 saturated carbocycles. The van der Waals surface area contributed by atoms with E-state index >= 15 is 0 Å². The Bertz CT molecular complexity index is 1370. The van der Waals surface area contributed by atoms with Gasteiger partial charge in [0.2, 0.25) is 0 Å². The van der Waals surface area contributed by atoms with Crippen molar-refractivity contribution in [1.29, 1.82) is 0 Å². The van der Waals surface area contributed by atoms with Crippen LogP contribution in [-0.2, 0) is 28.7 Å². The first-order valence-corrected chi connectivity index (χ1v) is 18.7. The molecule has 0 saturated heterocycles. The molecule has 10 atom stereocenters. The lowest BCUT2D eigenvalue weighted by Crippen LogP contribution is -2.55. The number of esters is 1. The molecule has 0 spiro atoms. The Balaban J connectivity index is 1.98. The van der Waals surface area contributed by atoms with Gasteiger partial charge in [-0.3, -0.25) is 19.2 Å². The molecule has 0 aromatic carbocycles. The molecular weight excluding hydrogens is 620 g/mol. The number of ether oxygens (including phenoxy) is 2. The third-order valence-electron chi connectivity index (χ3n) is 12.4. The highest BCUT2D eigenvalue weighted by Crippen LogP contribution is 2.55. The quantitative estimate of drug-likeness (QED) is 0.234. The topological polar surface area (TPSA) is 127 Å². The van der Waals surface area contributed by atoms with E-state index in [0.717, 1.165) is 29.6 Å². The fourth-order valence-corrected chi connectivity index (χ4v) is 9.18. The van der Waals surface area contributed by atoms with Gasteiger partial charge in [0.1, 0.15) is 17.3 Å². The fourth-order valence-electron chi connectivity index (χ4n) is 9.18. The Hall–Kier alpha value is -2.42. The third-order valence-corrected chi connectivity index (χ3v) is 12.4. The normalized spacial score (nSPS) is 40.1. The van der Waals surface area contributed by atoms with Crippen molar-refractivity contribution in [2.75, 3.05) is 7.11 Å². The van der Waals surface area contributed by atoms with Crippen molar-refractivity contribution in [3.05, 3.63) is 34.4 Å². The molecule has 2 aliphatic carbocycles. The van der Waals surface area contributed by atoms with Crippen LogP contribution in [0.25, 0.3) is 0 Å². The van der Waals surface area contributed by atoms with Crippen molar-refractivity contribution < 1.29 is 38.9 Å². The Labute approximate surface area is 294 Å². The van der Waals surface area contributed by atoms with E-state index in [-0.39, 0.29) is 73.3 Å². The molecule has 274 valence electrons. The molecule has 2 bridgehead atoms. The van der Waals surface area contributed by atoms with Crippen LogP contribution in [0.3, 0.4) is 0 Å². The third kappa shape index (κ3) is 8.39. The number of ketones is 3. The number of hydrogen-bond acceptors (Lipinski definition) is 8. The van der Waals surface area contributed by atoms with Crippen LogP contribution >= 0.6 is 0 Å². The Kier molecular flexibility index (Phi) is 12.7. The lowest BCUT2D eigenvalue weighted by atomic mass is 9.52. The van der Waals surface area contributed by atoms with Gasteiger partial charge in [-0.2, -0.15) is 0 Å². The van der Waals surface area contributed by atoms with E-state index in [0.29, 0.717) is 31.3 Å². The van der Waals surface area contributed by atoms with Crippen LogP contribution in [0.2, 0.25) is 0 Å². The summed E-state index contributed by atoms with van der Waals surface area (Å²) < 4.78 is 12.0. The van der Waals surface area contributed by atoms with Crippen LogP contribution in [0.15, 0.2) is 34.4 Å². The molecule has 8 heteroatoms. The average Bonchev–Trinajstić information content (AvgIpc) is 3.02. The van der Waals surface area contributed by atoms with Gasteiger partial charge in [-0.15, -0.1) is 0 Å². The maximum atomic E-state index is 14.7. The summed E-state index contributed by atoms with van der Waals surface area (Å²) >= 11 is 0. The number of rotatable bonds is 2. The van der Waals surface area contributed by atoms with Gasteiger partial charge in [-0.25, -0.2) is 0 Å². The lowest BCUT2D eigenvalue weighted by molar-refractivity contribution is -0.167. The smallest absolute Gasteiger partial charge is 0.313 e. The Morgan fingerprint density at radius 1 is 1.00 bits per heavy atom. The highest BCUT2D eigenvalue weighted by molar-refractivity contribution is 5.97. The number of aliphatic hydroxyl groups is 2. The van der Waals surface area contributed by atoms with Crippen molar-refractivity contribution in [3.8, 4) is 0 Å². The number of allylic oxidation sites excluding steroid dienone is 3. The van der Waals surface area contributed by atoms with Gasteiger partial charge in [-0.1, -0.05) is 63.8 Å². The van der Waals surface area contributed by atoms with Gasteiger partial charge in [0.15, 0.2) is 0 Å². The van der Waals surface area contributed by atoms with Crippen LogP contribution in [0.4, 0.5) is 0 Å². The molecule has 2 N–H and O–H groups in total. The number of hydrogen-bond donors (Lipinski definition) is 2. The highest BCUT2D eigenvalue weighted by Gasteiger charge is 2.60. The van der Waals surface area contributed by atoms with E-state index in [1.54, 1.807) is 6.92 Å². The van der Waals surface area contributed by atoms with Crippen LogP contribution < -0.4 is 0 Å². The van der Waals surface area contributed by atoms with Gasteiger partial charge < -0.3 is 19.7 Å². The molecule has 2 heterocycles. The summed E-state index contributed by atoms with van der Waals surface area (Å²) in [6.07, 6.45) is 6.46. The molecule has 0 aromatic heterocycles. The van der Waals surface area contributed by atoms with Gasteiger partial charge in [0, 0.05) is 49.4 Å². The van der Waals surface area contributed by atoms with Gasteiger partial charge >= 0.3 is 5.97 Å². The summed E-state index contributed by atoms with van der Waals surface area (Å²) in [6.45, 7) is 15.4. The van der Waals surface area contributed by atoms with Crippen molar-refractivity contribution in [3.63, 3.8) is 0 Å². The summed E-state index contributed by atoms with van der Waals surface area (Å²) in [4.78, 5) is 57.3. The van der Waals surface area contributed by atoms with E-state index in [1.807, 2.05) is 54.5 Å². The van der Waals surface area contributed by atoms with E-state index < -0.39 is 46.9 Å². The van der Waals surface area contributed by atoms with E-state index in [2.05, 4.69) is 6.08 Å². The minimum Gasteiger partial charge on any atom is -0.469 e. The predicted octanol–water partition coefficient (Wildman–Crippen LogP) is 7.05. The first kappa shape index (κ1) is 39.4. The monoisotopic (exact) mass is 682 g/mol. The number of aliphatic hydroxyl groups excluding tert-OH is 1. The zero-order valence-electron chi connectivity index (χ0n) is 31.5. The van der Waals surface area contributed by atoms with Crippen LogP contribution in [0.5, 0.6) is 0 Å². The fraction of sp³-hybridized carbons (Fsp3) is 0.756. The van der Waals surface area contributed by atoms with Crippen molar-refractivity contribution in [2.45, 2.75) is 150 Å². The zero-order chi connectivity index (χ0) is 36.4. The summed E-state index contributed by atoms with van der Waals surface area (Å²) in [7, 11) is 1.30. The minimum atomic E-state index is -1.64. The molecule has 0 aromatic rings. The van der Waals surface area contributed by atoms with Crippen LogP contribution in [-0.4, -0.2) is 64.6 Å². The largest absolute Gasteiger partial charge is 0.469 e. The van der Waals surface area contributed by atoms with Gasteiger partial charge in [0.25, 0.3) is 0 Å². The second-order valence-corrected chi connectivity index (χ2v) is 16.7. The number of Topliss-reactive ketones (excluding diaryl/α,β-unsaturated/α-hetero) is 3. The number of fused-ring (bicyclic) bond motifs is 5. The predicted molar refractivity (Wildman–Crippen MR) is 189 cm³/mol. The molecule has 4 aliphatic rings. The molecule has 0 amide bonds. The highest BCUT2D eigenvalue weighted by atomic mass is 16.5. The number of carbonyl (C=O) groups is 4. The first-order chi connectivity index (χ1) is 22.9.